The minimum atomic E-state index is -2.30. The first kappa shape index (κ1) is 43.4. The number of aliphatic hydroxyl groups is 2. The normalized spacial score (nSPS) is 31.6. The van der Waals surface area contributed by atoms with Gasteiger partial charge in [0.2, 0.25) is 0 Å². The molecule has 3 aromatic carbocycles. The predicted octanol–water partition coefficient (Wildman–Crippen LogP) is 4.76. The number of nitrogens with one attached hydrogen (secondary N) is 1. The van der Waals surface area contributed by atoms with Gasteiger partial charge >= 0.3 is 23.9 Å². The number of esters is 4. The third-order valence-electron chi connectivity index (χ3n) is 13.4. The fraction of sp³-hybridized carbons (Fsp3) is 0.447. The lowest BCUT2D eigenvalue weighted by Crippen LogP contribution is -2.82. The second-order valence-corrected chi connectivity index (χ2v) is 17.2. The van der Waals surface area contributed by atoms with Crippen LogP contribution in [-0.4, -0.2) is 94.1 Å². The van der Waals surface area contributed by atoms with Crippen molar-refractivity contribution >= 4 is 35.6 Å². The van der Waals surface area contributed by atoms with Crippen LogP contribution in [0.1, 0.15) is 93.1 Å². The van der Waals surface area contributed by atoms with E-state index in [0.29, 0.717) is 11.1 Å². The highest BCUT2D eigenvalue weighted by Gasteiger charge is 2.78. The van der Waals surface area contributed by atoms with Gasteiger partial charge in [0.25, 0.3) is 5.91 Å². The average molecular weight is 838 g/mol. The smallest absolute Gasteiger partial charge is 0.338 e. The largest absolute Gasteiger partial charge is 0.458 e. The summed E-state index contributed by atoms with van der Waals surface area (Å²) in [6.45, 7) is 8.27. The number of ether oxygens (including phenoxy) is 5. The molecular formula is C47H51NO13. The maximum absolute atomic E-state index is 15.5. The van der Waals surface area contributed by atoms with Gasteiger partial charge in [0, 0.05) is 37.7 Å². The van der Waals surface area contributed by atoms with Crippen LogP contribution in [0.5, 0.6) is 0 Å². The van der Waals surface area contributed by atoms with Crippen LogP contribution in [0.2, 0.25) is 0 Å². The van der Waals surface area contributed by atoms with Gasteiger partial charge < -0.3 is 39.2 Å². The van der Waals surface area contributed by atoms with E-state index in [1.165, 1.54) is 26.0 Å². The Morgan fingerprint density at radius 2 is 1.43 bits per heavy atom. The van der Waals surface area contributed by atoms with Crippen molar-refractivity contribution in [1.29, 1.82) is 0 Å². The summed E-state index contributed by atoms with van der Waals surface area (Å²) in [5.41, 5.74) is -6.17. The highest BCUT2D eigenvalue weighted by Crippen LogP contribution is 2.64. The molecule has 1 saturated heterocycles. The van der Waals surface area contributed by atoms with Crippen LogP contribution in [0, 0.1) is 16.7 Å². The average Bonchev–Trinajstić information content (AvgIpc) is 3.22. The molecule has 0 aromatic heterocycles. The molecule has 322 valence electrons. The third kappa shape index (κ3) is 7.44. The lowest BCUT2D eigenvalue weighted by molar-refractivity contribution is -0.346. The zero-order chi connectivity index (χ0) is 44.1. The van der Waals surface area contributed by atoms with Gasteiger partial charge in [-0.15, -0.1) is 0 Å². The van der Waals surface area contributed by atoms with E-state index in [-0.39, 0.29) is 36.2 Å². The van der Waals surface area contributed by atoms with Crippen molar-refractivity contribution < 1.29 is 62.7 Å². The first-order chi connectivity index (χ1) is 28.8. The van der Waals surface area contributed by atoms with Crippen molar-refractivity contribution in [2.45, 2.75) is 109 Å². The molecule has 0 spiro atoms. The van der Waals surface area contributed by atoms with Crippen LogP contribution in [0.15, 0.2) is 102 Å². The molecule has 3 aliphatic carbocycles. The lowest BCUT2D eigenvalue weighted by atomic mass is 9.44. The number of ketones is 1. The van der Waals surface area contributed by atoms with Gasteiger partial charge in [-0.05, 0) is 54.8 Å². The van der Waals surface area contributed by atoms with Crippen molar-refractivity contribution in [3.05, 3.63) is 119 Å². The van der Waals surface area contributed by atoms with Gasteiger partial charge in [-0.3, -0.25) is 24.0 Å². The number of Topliss-reactive ketones (excluding diaryl/α,β-unsaturated/α-hetero) is 1. The van der Waals surface area contributed by atoms with Crippen molar-refractivity contribution in [2.75, 3.05) is 6.61 Å². The summed E-state index contributed by atoms with van der Waals surface area (Å²) in [5, 5.41) is 28.6. The van der Waals surface area contributed by atoms with Crippen LogP contribution >= 0.6 is 0 Å². The van der Waals surface area contributed by atoms with E-state index in [1.54, 1.807) is 99.6 Å². The second-order valence-electron chi connectivity index (χ2n) is 17.2. The van der Waals surface area contributed by atoms with E-state index in [4.69, 9.17) is 23.7 Å². The van der Waals surface area contributed by atoms with Crippen LogP contribution in [0.4, 0.5) is 0 Å². The summed E-state index contributed by atoms with van der Waals surface area (Å²) in [7, 11) is 0. The molecule has 3 fully saturated rings. The molecule has 1 aliphatic heterocycles. The highest BCUT2D eigenvalue weighted by atomic mass is 16.6. The molecule has 14 heteroatoms. The molecular weight excluding hydrogens is 787 g/mol. The highest BCUT2D eigenvalue weighted by molar-refractivity contribution is 5.96. The molecule has 1 amide bonds. The van der Waals surface area contributed by atoms with Crippen molar-refractivity contribution in [3.8, 4) is 0 Å². The van der Waals surface area contributed by atoms with E-state index in [2.05, 4.69) is 5.32 Å². The molecule has 61 heavy (non-hydrogen) atoms. The summed E-state index contributed by atoms with van der Waals surface area (Å²) in [4.78, 5) is 83.3. The maximum atomic E-state index is 15.5. The van der Waals surface area contributed by atoms with Crippen LogP contribution in [-0.2, 0) is 42.9 Å². The van der Waals surface area contributed by atoms with Gasteiger partial charge in [-0.1, -0.05) is 80.6 Å². The fourth-order valence-corrected chi connectivity index (χ4v) is 10.2. The lowest BCUT2D eigenvalue weighted by Gasteiger charge is -2.67. The summed E-state index contributed by atoms with van der Waals surface area (Å²) < 4.78 is 30.5. The van der Waals surface area contributed by atoms with Crippen LogP contribution in [0.25, 0.3) is 0 Å². The Kier molecular flexibility index (Phi) is 11.6. The van der Waals surface area contributed by atoms with Crippen molar-refractivity contribution in [3.63, 3.8) is 0 Å². The monoisotopic (exact) mass is 837 g/mol. The second kappa shape index (κ2) is 16.3. The summed E-state index contributed by atoms with van der Waals surface area (Å²) in [6, 6.07) is 24.4. The molecule has 0 radical (unpaired) electrons. The Balaban J connectivity index is 1.37. The maximum Gasteiger partial charge on any atom is 0.338 e. The number of carbonyl (C=O) groups is 6. The molecule has 1 heterocycles. The molecule has 7 rings (SSSR count). The third-order valence-corrected chi connectivity index (χ3v) is 13.4. The molecule has 2 unspecified atom stereocenters. The number of fused-ring (bicyclic) bond motifs is 5. The Hall–Kier alpha value is -5.70. The van der Waals surface area contributed by atoms with E-state index >= 15 is 4.79 Å². The van der Waals surface area contributed by atoms with Crippen LogP contribution in [0.3, 0.4) is 0 Å². The van der Waals surface area contributed by atoms with E-state index in [1.807, 2.05) is 0 Å². The summed E-state index contributed by atoms with van der Waals surface area (Å²) >= 11 is 0. The Bertz CT molecular complexity index is 2240. The zero-order valence-electron chi connectivity index (χ0n) is 34.9. The molecule has 3 N–H and O–H groups in total. The zero-order valence-corrected chi connectivity index (χ0v) is 34.9. The van der Waals surface area contributed by atoms with Crippen LogP contribution < -0.4 is 5.32 Å². The minimum Gasteiger partial charge on any atom is -0.458 e. The Morgan fingerprint density at radius 3 is 1.98 bits per heavy atom. The van der Waals surface area contributed by atoms with E-state index in [0.717, 1.165) is 6.92 Å². The number of hydrogen-bond donors (Lipinski definition) is 3. The SMILES string of the molecule is CC(=O)O[C@H]1C(=O)[C@]2(C)[C@@H](O)CC3OC[C@@]3(OC(C)=O)[C@H]2[C@H](OC(=O)c2ccccc2)[C@]2(O)C[C@H](OC(=O)CC(NC(=O)c3ccccc3)c3ccccc3)C(C)=C1C2(C)C. The van der Waals surface area contributed by atoms with Crippen molar-refractivity contribution in [1.82, 2.24) is 5.32 Å². The van der Waals surface area contributed by atoms with E-state index < -0.39 is 107 Å². The minimum absolute atomic E-state index is 0.0809. The fourth-order valence-electron chi connectivity index (χ4n) is 10.2. The van der Waals surface area contributed by atoms with Crippen molar-refractivity contribution in [2.24, 2.45) is 16.7 Å². The number of amides is 1. The molecule has 4 aliphatic rings. The van der Waals surface area contributed by atoms with Gasteiger partial charge in [0.05, 0.1) is 42.1 Å². The summed E-state index contributed by atoms with van der Waals surface area (Å²) in [5.74, 6) is -6.02. The molecule has 2 saturated carbocycles. The predicted molar refractivity (Wildman–Crippen MR) is 216 cm³/mol. The van der Waals surface area contributed by atoms with E-state index in [9.17, 15) is 34.2 Å². The van der Waals surface area contributed by atoms with Gasteiger partial charge in [0.1, 0.15) is 23.9 Å². The van der Waals surface area contributed by atoms with Gasteiger partial charge in [0.15, 0.2) is 17.5 Å². The molecule has 2 bridgehead atoms. The topological polar surface area (TPSA) is 201 Å². The number of carbonyl (C=O) groups excluding carboxylic acids is 6. The number of hydrogen-bond acceptors (Lipinski definition) is 13. The molecule has 10 atom stereocenters. The molecule has 14 nitrogen and oxygen atoms in total. The number of aliphatic hydroxyl groups excluding tert-OH is 1. The Morgan fingerprint density at radius 1 is 0.836 bits per heavy atom. The molecule has 3 aromatic rings. The first-order valence-electron chi connectivity index (χ1n) is 20.4. The van der Waals surface area contributed by atoms with Gasteiger partial charge in [-0.2, -0.15) is 0 Å². The quantitative estimate of drug-likeness (QED) is 0.144. The standard InChI is InChI=1S/C47H51NO13/c1-26-33(59-36(52)22-32(29-16-10-7-11-17-29)48-42(54)30-18-12-8-13-19-30)24-47(56)41(60-43(55)31-20-14-9-15-21-31)39-45(6,34(51)23-35-46(39,25-57-35)61-28(3)50)40(53)38(58-27(2)49)37(26)44(47,4)5/h7-21,32-35,38-39,41,51,56H,22-25H2,1-6H3,(H,48,54)/t32?,33-,34-,35?,38+,39-,41-,45+,46-,47+/m0/s1. The summed E-state index contributed by atoms with van der Waals surface area (Å²) in [6.07, 6.45) is -8.30. The first-order valence-corrected chi connectivity index (χ1v) is 20.4. The number of benzene rings is 3. The Labute approximate surface area is 353 Å². The number of rotatable bonds is 10. The van der Waals surface area contributed by atoms with Gasteiger partial charge in [-0.25, -0.2) is 4.79 Å².